The van der Waals surface area contributed by atoms with Gasteiger partial charge in [-0.25, -0.2) is 8.42 Å². The standard InChI is InChI=1S/C17H17N3O6S/c1-11-17(12(2)25-19-11)27(22,23)18-9-16(21)24-10-14-8-15(26-20-14)13-6-4-3-5-7-13/h3-8,18H,9-10H2,1-2H3. The molecule has 3 aromatic rings. The van der Waals surface area contributed by atoms with Crippen LogP contribution < -0.4 is 4.72 Å². The lowest BCUT2D eigenvalue weighted by Crippen LogP contribution is -2.31. The highest BCUT2D eigenvalue weighted by Crippen LogP contribution is 2.20. The summed E-state index contributed by atoms with van der Waals surface area (Å²) in [5.74, 6) is -0.0697. The maximum Gasteiger partial charge on any atom is 0.321 e. The number of ether oxygens (including phenoxy) is 1. The van der Waals surface area contributed by atoms with E-state index in [4.69, 9.17) is 13.8 Å². The molecule has 1 aromatic carbocycles. The number of esters is 1. The number of aryl methyl sites for hydroxylation is 2. The highest BCUT2D eigenvalue weighted by Gasteiger charge is 2.25. The molecule has 0 spiro atoms. The third kappa shape index (κ3) is 4.41. The first kappa shape index (κ1) is 18.8. The number of rotatable bonds is 7. The van der Waals surface area contributed by atoms with Crippen molar-refractivity contribution in [2.24, 2.45) is 0 Å². The molecule has 3 rings (SSSR count). The summed E-state index contributed by atoms with van der Waals surface area (Å²) >= 11 is 0. The maximum absolute atomic E-state index is 12.2. The van der Waals surface area contributed by atoms with Gasteiger partial charge in [-0.3, -0.25) is 4.79 Å². The number of hydrogen-bond donors (Lipinski definition) is 1. The molecular formula is C17H17N3O6S. The van der Waals surface area contributed by atoms with E-state index in [1.165, 1.54) is 13.8 Å². The Kier molecular flexibility index (Phi) is 5.38. The fourth-order valence-corrected chi connectivity index (χ4v) is 3.70. The van der Waals surface area contributed by atoms with Crippen molar-refractivity contribution in [3.63, 3.8) is 0 Å². The van der Waals surface area contributed by atoms with Crippen molar-refractivity contribution in [1.82, 2.24) is 15.0 Å². The third-order valence-corrected chi connectivity index (χ3v) is 5.29. The largest absolute Gasteiger partial charge is 0.458 e. The smallest absolute Gasteiger partial charge is 0.321 e. The minimum absolute atomic E-state index is 0.0840. The van der Waals surface area contributed by atoms with E-state index in [2.05, 4.69) is 15.0 Å². The summed E-state index contributed by atoms with van der Waals surface area (Å²) in [7, 11) is -3.93. The Hall–Kier alpha value is -2.98. The minimum Gasteiger partial charge on any atom is -0.458 e. The molecule has 0 fully saturated rings. The second-order valence-corrected chi connectivity index (χ2v) is 7.39. The van der Waals surface area contributed by atoms with Crippen LogP contribution in [0.25, 0.3) is 11.3 Å². The summed E-state index contributed by atoms with van der Waals surface area (Å²) in [6.07, 6.45) is 0. The van der Waals surface area contributed by atoms with E-state index in [0.717, 1.165) is 5.56 Å². The Balaban J connectivity index is 1.54. The second-order valence-electron chi connectivity index (χ2n) is 5.69. The lowest BCUT2D eigenvalue weighted by molar-refractivity contribution is -0.143. The predicted molar refractivity (Wildman–Crippen MR) is 92.9 cm³/mol. The molecule has 2 heterocycles. The first-order valence-electron chi connectivity index (χ1n) is 7.96. The van der Waals surface area contributed by atoms with E-state index in [1.54, 1.807) is 6.07 Å². The van der Waals surface area contributed by atoms with Gasteiger partial charge in [-0.1, -0.05) is 40.6 Å². The van der Waals surface area contributed by atoms with Crippen molar-refractivity contribution in [3.05, 3.63) is 53.5 Å². The number of aromatic nitrogens is 2. The molecule has 0 saturated carbocycles. The van der Waals surface area contributed by atoms with Crippen LogP contribution in [-0.2, 0) is 26.2 Å². The van der Waals surface area contributed by atoms with E-state index < -0.39 is 22.5 Å². The normalized spacial score (nSPS) is 11.5. The van der Waals surface area contributed by atoms with Crippen molar-refractivity contribution >= 4 is 16.0 Å². The van der Waals surface area contributed by atoms with Gasteiger partial charge in [-0.2, -0.15) is 4.72 Å². The summed E-state index contributed by atoms with van der Waals surface area (Å²) < 4.78 is 41.7. The van der Waals surface area contributed by atoms with Crippen LogP contribution in [0.4, 0.5) is 0 Å². The highest BCUT2D eigenvalue weighted by molar-refractivity contribution is 7.89. The Morgan fingerprint density at radius 2 is 1.89 bits per heavy atom. The fourth-order valence-electron chi connectivity index (χ4n) is 2.41. The topological polar surface area (TPSA) is 125 Å². The van der Waals surface area contributed by atoms with Crippen molar-refractivity contribution in [2.45, 2.75) is 25.3 Å². The van der Waals surface area contributed by atoms with Gasteiger partial charge in [-0.15, -0.1) is 0 Å². The molecule has 0 atom stereocenters. The lowest BCUT2D eigenvalue weighted by atomic mass is 10.2. The monoisotopic (exact) mass is 391 g/mol. The first-order chi connectivity index (χ1) is 12.9. The van der Waals surface area contributed by atoms with Gasteiger partial charge in [0.15, 0.2) is 11.5 Å². The first-order valence-corrected chi connectivity index (χ1v) is 9.44. The number of benzene rings is 1. The van der Waals surface area contributed by atoms with Crippen LogP contribution in [-0.4, -0.2) is 31.2 Å². The lowest BCUT2D eigenvalue weighted by Gasteiger charge is -2.06. The number of nitrogens with zero attached hydrogens (tertiary/aromatic N) is 2. The number of carbonyl (C=O) groups excluding carboxylic acids is 1. The van der Waals surface area contributed by atoms with Crippen LogP contribution in [0.5, 0.6) is 0 Å². The predicted octanol–water partition coefficient (Wildman–Crippen LogP) is 1.97. The number of hydrogen-bond acceptors (Lipinski definition) is 8. The average Bonchev–Trinajstić information content (AvgIpc) is 3.26. The van der Waals surface area contributed by atoms with E-state index in [0.29, 0.717) is 11.5 Å². The van der Waals surface area contributed by atoms with E-state index in [-0.39, 0.29) is 23.0 Å². The van der Waals surface area contributed by atoms with Crippen LogP contribution in [0.3, 0.4) is 0 Å². The molecule has 0 aliphatic heterocycles. The van der Waals surface area contributed by atoms with Crippen molar-refractivity contribution in [2.75, 3.05) is 6.54 Å². The molecule has 1 N–H and O–H groups in total. The maximum atomic E-state index is 12.2. The van der Waals surface area contributed by atoms with Crippen molar-refractivity contribution in [3.8, 4) is 11.3 Å². The molecule has 0 aliphatic rings. The quantitative estimate of drug-likeness (QED) is 0.606. The van der Waals surface area contributed by atoms with Crippen molar-refractivity contribution in [1.29, 1.82) is 0 Å². The van der Waals surface area contributed by atoms with Gasteiger partial charge in [0.1, 0.15) is 29.4 Å². The summed E-state index contributed by atoms with van der Waals surface area (Å²) in [5.41, 5.74) is 1.47. The molecule has 0 bridgehead atoms. The summed E-state index contributed by atoms with van der Waals surface area (Å²) in [5, 5.41) is 7.41. The van der Waals surface area contributed by atoms with Crippen molar-refractivity contribution < 1.29 is 27.0 Å². The van der Waals surface area contributed by atoms with E-state index in [9.17, 15) is 13.2 Å². The number of sulfonamides is 1. The van der Waals surface area contributed by atoms with Gasteiger partial charge in [0.25, 0.3) is 0 Å². The van der Waals surface area contributed by atoms with Crippen LogP contribution in [0, 0.1) is 13.8 Å². The number of carbonyl (C=O) groups is 1. The number of nitrogens with one attached hydrogen (secondary N) is 1. The molecule has 0 amide bonds. The molecular weight excluding hydrogens is 374 g/mol. The molecule has 0 unspecified atom stereocenters. The zero-order valence-electron chi connectivity index (χ0n) is 14.6. The summed E-state index contributed by atoms with van der Waals surface area (Å²) in [6.45, 7) is 2.30. The summed E-state index contributed by atoms with van der Waals surface area (Å²) in [4.78, 5) is 11.7. The van der Waals surface area contributed by atoms with Crippen LogP contribution in [0.15, 0.2) is 50.3 Å². The van der Waals surface area contributed by atoms with E-state index >= 15 is 0 Å². The minimum atomic E-state index is -3.93. The third-order valence-electron chi connectivity index (χ3n) is 3.64. The molecule has 2 aromatic heterocycles. The SMILES string of the molecule is Cc1noc(C)c1S(=O)(=O)NCC(=O)OCc1cc(-c2ccccc2)on1. The van der Waals surface area contributed by atoms with E-state index in [1.807, 2.05) is 30.3 Å². The van der Waals surface area contributed by atoms with Gasteiger partial charge in [0.2, 0.25) is 10.0 Å². The highest BCUT2D eigenvalue weighted by atomic mass is 32.2. The molecule has 0 radical (unpaired) electrons. The van der Waals surface area contributed by atoms with Gasteiger partial charge in [0.05, 0.1) is 0 Å². The molecule has 0 aliphatic carbocycles. The zero-order chi connectivity index (χ0) is 19.4. The molecule has 0 saturated heterocycles. The Bertz CT molecular complexity index is 1020. The van der Waals surface area contributed by atoms with Gasteiger partial charge in [0, 0.05) is 11.6 Å². The molecule has 10 heteroatoms. The Labute approximate surface area is 155 Å². The molecule has 27 heavy (non-hydrogen) atoms. The average molecular weight is 391 g/mol. The molecule has 142 valence electrons. The zero-order valence-corrected chi connectivity index (χ0v) is 15.4. The summed E-state index contributed by atoms with van der Waals surface area (Å²) in [6, 6.07) is 11.0. The Morgan fingerprint density at radius 3 is 2.56 bits per heavy atom. The van der Waals surface area contributed by atoms with Gasteiger partial charge in [-0.05, 0) is 13.8 Å². The van der Waals surface area contributed by atoms with Gasteiger partial charge >= 0.3 is 5.97 Å². The van der Waals surface area contributed by atoms with Crippen LogP contribution in [0.2, 0.25) is 0 Å². The second kappa shape index (κ2) is 7.72. The Morgan fingerprint density at radius 1 is 1.15 bits per heavy atom. The van der Waals surface area contributed by atoms with Crippen LogP contribution in [0.1, 0.15) is 17.1 Å². The van der Waals surface area contributed by atoms with Crippen LogP contribution >= 0.6 is 0 Å². The fraction of sp³-hybridized carbons (Fsp3) is 0.235. The van der Waals surface area contributed by atoms with Gasteiger partial charge < -0.3 is 13.8 Å². The molecule has 9 nitrogen and oxygen atoms in total.